The van der Waals surface area contributed by atoms with Gasteiger partial charge in [-0.3, -0.25) is 5.10 Å². The predicted octanol–water partition coefficient (Wildman–Crippen LogP) is 3.84. The number of aromatic nitrogens is 2. The monoisotopic (exact) mass is 241 g/mol. The first-order chi connectivity index (χ1) is 8.79. The molecule has 0 aliphatic carbocycles. The first kappa shape index (κ1) is 12.4. The lowest BCUT2D eigenvalue weighted by Crippen LogP contribution is -2.14. The van der Waals surface area contributed by atoms with Crippen molar-refractivity contribution < 1.29 is 0 Å². The van der Waals surface area contributed by atoms with E-state index in [4.69, 9.17) is 0 Å². The summed E-state index contributed by atoms with van der Waals surface area (Å²) in [6.45, 7) is 5.93. The van der Waals surface area contributed by atoms with Crippen molar-refractivity contribution in [2.24, 2.45) is 0 Å². The summed E-state index contributed by atoms with van der Waals surface area (Å²) in [6.07, 6.45) is 5.87. The Morgan fingerprint density at radius 2 is 2.11 bits per heavy atom. The molecule has 2 aromatic rings. The van der Waals surface area contributed by atoms with Crippen LogP contribution in [0.2, 0.25) is 0 Å². The molecule has 3 heteroatoms. The molecule has 0 amide bonds. The number of anilines is 1. The van der Waals surface area contributed by atoms with Crippen molar-refractivity contribution >= 4 is 5.69 Å². The second kappa shape index (κ2) is 6.05. The first-order valence-electron chi connectivity index (χ1n) is 6.27. The van der Waals surface area contributed by atoms with Crippen LogP contribution in [0.4, 0.5) is 5.69 Å². The zero-order chi connectivity index (χ0) is 12.8. The van der Waals surface area contributed by atoms with Crippen LogP contribution in [0.1, 0.15) is 19.8 Å². The van der Waals surface area contributed by atoms with Gasteiger partial charge in [-0.2, -0.15) is 5.10 Å². The van der Waals surface area contributed by atoms with Gasteiger partial charge in [0, 0.05) is 17.9 Å². The molecule has 0 aliphatic rings. The van der Waals surface area contributed by atoms with Crippen molar-refractivity contribution in [3.05, 3.63) is 49.2 Å². The smallest absolute Gasteiger partial charge is 0.0650 e. The molecule has 0 saturated carbocycles. The summed E-state index contributed by atoms with van der Waals surface area (Å²) in [6, 6.07) is 10.8. The van der Waals surface area contributed by atoms with E-state index in [0.717, 1.165) is 29.8 Å². The van der Waals surface area contributed by atoms with Crippen molar-refractivity contribution in [1.82, 2.24) is 10.2 Å². The Bertz CT molecular complexity index is 471. The van der Waals surface area contributed by atoms with Gasteiger partial charge in [0.25, 0.3) is 0 Å². The highest BCUT2D eigenvalue weighted by molar-refractivity contribution is 5.62. The minimum Gasteiger partial charge on any atom is -0.383 e. The summed E-state index contributed by atoms with van der Waals surface area (Å²) in [7, 11) is 0. The minimum absolute atomic E-state index is 0.459. The molecule has 1 aromatic carbocycles. The normalized spacial score (nSPS) is 12.1. The van der Waals surface area contributed by atoms with E-state index in [1.165, 1.54) is 0 Å². The van der Waals surface area contributed by atoms with Crippen LogP contribution in [0, 0.1) is 0 Å². The number of allylic oxidation sites excluding steroid dienone is 1. The number of hydrogen-bond acceptors (Lipinski definition) is 2. The molecule has 1 unspecified atom stereocenters. The Hall–Kier alpha value is -2.03. The molecule has 0 radical (unpaired) electrons. The Labute approximate surface area is 108 Å². The van der Waals surface area contributed by atoms with Gasteiger partial charge < -0.3 is 5.32 Å². The quantitative estimate of drug-likeness (QED) is 0.754. The van der Waals surface area contributed by atoms with E-state index in [2.05, 4.69) is 53.3 Å². The van der Waals surface area contributed by atoms with Crippen molar-refractivity contribution in [3.63, 3.8) is 0 Å². The number of benzene rings is 1. The minimum atomic E-state index is 0.459. The fourth-order valence-corrected chi connectivity index (χ4v) is 1.89. The fourth-order valence-electron chi connectivity index (χ4n) is 1.89. The van der Waals surface area contributed by atoms with E-state index in [-0.39, 0.29) is 0 Å². The van der Waals surface area contributed by atoms with Crippen LogP contribution >= 0.6 is 0 Å². The molecule has 0 saturated heterocycles. The number of H-pyrrole nitrogens is 1. The average molecular weight is 241 g/mol. The van der Waals surface area contributed by atoms with Crippen LogP contribution < -0.4 is 5.32 Å². The summed E-state index contributed by atoms with van der Waals surface area (Å²) >= 11 is 0. The number of rotatable bonds is 6. The van der Waals surface area contributed by atoms with Gasteiger partial charge in [-0.05, 0) is 43.5 Å². The third-order valence-electron chi connectivity index (χ3n) is 2.91. The topological polar surface area (TPSA) is 40.7 Å². The fraction of sp³-hybridized carbons (Fsp3) is 0.267. The van der Waals surface area contributed by atoms with Crippen LogP contribution in [0.5, 0.6) is 0 Å². The van der Waals surface area contributed by atoms with Gasteiger partial charge in [0.1, 0.15) is 0 Å². The molecule has 0 fully saturated rings. The van der Waals surface area contributed by atoms with Crippen LogP contribution in [-0.4, -0.2) is 16.2 Å². The molecule has 0 spiro atoms. The van der Waals surface area contributed by atoms with Gasteiger partial charge in [0.2, 0.25) is 0 Å². The third-order valence-corrected chi connectivity index (χ3v) is 2.91. The molecule has 1 aromatic heterocycles. The maximum absolute atomic E-state index is 3.95. The van der Waals surface area contributed by atoms with Gasteiger partial charge in [-0.15, -0.1) is 6.58 Å². The van der Waals surface area contributed by atoms with E-state index in [1.54, 1.807) is 6.20 Å². The van der Waals surface area contributed by atoms with Crippen molar-refractivity contribution in [1.29, 1.82) is 0 Å². The molecule has 0 aliphatic heterocycles. The highest BCUT2D eigenvalue weighted by Crippen LogP contribution is 2.19. The van der Waals surface area contributed by atoms with Crippen LogP contribution in [0.25, 0.3) is 11.3 Å². The van der Waals surface area contributed by atoms with Gasteiger partial charge in [-0.25, -0.2) is 0 Å². The van der Waals surface area contributed by atoms with Crippen molar-refractivity contribution in [3.8, 4) is 11.3 Å². The van der Waals surface area contributed by atoms with Crippen molar-refractivity contribution in [2.75, 3.05) is 5.32 Å². The van der Waals surface area contributed by atoms with Crippen LogP contribution in [-0.2, 0) is 0 Å². The van der Waals surface area contributed by atoms with Gasteiger partial charge in [-0.1, -0.05) is 18.2 Å². The predicted molar refractivity (Wildman–Crippen MR) is 76.5 cm³/mol. The summed E-state index contributed by atoms with van der Waals surface area (Å²) in [5, 5.41) is 10.4. The SMILES string of the molecule is C=CCCC(C)Nc1ccc(-c2ccn[nH]2)cc1. The zero-order valence-electron chi connectivity index (χ0n) is 10.7. The molecule has 0 bridgehead atoms. The maximum atomic E-state index is 3.95. The van der Waals surface area contributed by atoms with Gasteiger partial charge in [0.05, 0.1) is 5.69 Å². The molecule has 3 nitrogen and oxygen atoms in total. The Balaban J connectivity index is 1.97. The molecule has 1 heterocycles. The molecule has 94 valence electrons. The Morgan fingerprint density at radius 1 is 1.33 bits per heavy atom. The molecule has 2 rings (SSSR count). The molecular formula is C15H19N3. The highest BCUT2D eigenvalue weighted by atomic mass is 15.1. The number of aromatic amines is 1. The first-order valence-corrected chi connectivity index (χ1v) is 6.27. The number of nitrogens with zero attached hydrogens (tertiary/aromatic N) is 1. The number of nitrogens with one attached hydrogen (secondary N) is 2. The summed E-state index contributed by atoms with van der Waals surface area (Å²) in [5.41, 5.74) is 3.34. The number of hydrogen-bond donors (Lipinski definition) is 2. The Kier molecular flexibility index (Phi) is 4.18. The second-order valence-corrected chi connectivity index (χ2v) is 4.46. The van der Waals surface area contributed by atoms with E-state index >= 15 is 0 Å². The second-order valence-electron chi connectivity index (χ2n) is 4.46. The lowest BCUT2D eigenvalue weighted by atomic mass is 10.1. The van der Waals surface area contributed by atoms with E-state index in [0.29, 0.717) is 6.04 Å². The van der Waals surface area contributed by atoms with Gasteiger partial charge >= 0.3 is 0 Å². The third kappa shape index (κ3) is 3.23. The van der Waals surface area contributed by atoms with E-state index < -0.39 is 0 Å². The van der Waals surface area contributed by atoms with Crippen molar-refractivity contribution in [2.45, 2.75) is 25.8 Å². The molecule has 18 heavy (non-hydrogen) atoms. The van der Waals surface area contributed by atoms with E-state index in [9.17, 15) is 0 Å². The lowest BCUT2D eigenvalue weighted by molar-refractivity contribution is 0.719. The standard InChI is InChI=1S/C15H19N3/c1-3-4-5-12(2)17-14-8-6-13(7-9-14)15-10-11-16-18-15/h3,6-12,17H,1,4-5H2,2H3,(H,16,18). The highest BCUT2D eigenvalue weighted by Gasteiger charge is 2.02. The molecule has 1 atom stereocenters. The zero-order valence-corrected chi connectivity index (χ0v) is 10.7. The lowest BCUT2D eigenvalue weighted by Gasteiger charge is -2.14. The molecular weight excluding hydrogens is 222 g/mol. The summed E-state index contributed by atoms with van der Waals surface area (Å²) < 4.78 is 0. The van der Waals surface area contributed by atoms with Crippen LogP contribution in [0.3, 0.4) is 0 Å². The Morgan fingerprint density at radius 3 is 2.72 bits per heavy atom. The summed E-state index contributed by atoms with van der Waals surface area (Å²) in [4.78, 5) is 0. The van der Waals surface area contributed by atoms with Gasteiger partial charge in [0.15, 0.2) is 0 Å². The average Bonchev–Trinajstić information content (AvgIpc) is 2.91. The van der Waals surface area contributed by atoms with E-state index in [1.807, 2.05) is 12.1 Å². The van der Waals surface area contributed by atoms with Crippen LogP contribution in [0.15, 0.2) is 49.2 Å². The maximum Gasteiger partial charge on any atom is 0.0650 e. The summed E-state index contributed by atoms with van der Waals surface area (Å²) in [5.74, 6) is 0. The largest absolute Gasteiger partial charge is 0.383 e. The molecule has 2 N–H and O–H groups in total.